The number of carbonyl (C=O) groups is 2. The van der Waals surface area contributed by atoms with Crippen molar-refractivity contribution < 1.29 is 9.59 Å². The van der Waals surface area contributed by atoms with Gasteiger partial charge in [0.1, 0.15) is 0 Å². The Bertz CT molecular complexity index is 260. The standard InChI is InChI=1S/C12H23N3O2/c1-2-3-9-4-6-10(7-5-9)14-8-11(16)15-12(13)17/h9-10,14H,2-8H2,1H3,(H3,13,15,16,17). The fraction of sp³-hybridized carbons (Fsp3) is 0.833. The topological polar surface area (TPSA) is 84.2 Å². The van der Waals surface area contributed by atoms with Crippen molar-refractivity contribution in [2.24, 2.45) is 11.7 Å². The first-order valence-corrected chi connectivity index (χ1v) is 6.44. The van der Waals surface area contributed by atoms with E-state index in [1.807, 2.05) is 5.32 Å². The van der Waals surface area contributed by atoms with E-state index in [1.165, 1.54) is 25.7 Å². The van der Waals surface area contributed by atoms with E-state index in [2.05, 4.69) is 12.2 Å². The number of hydrogen-bond donors (Lipinski definition) is 3. The van der Waals surface area contributed by atoms with E-state index >= 15 is 0 Å². The van der Waals surface area contributed by atoms with Crippen molar-refractivity contribution in [2.45, 2.75) is 51.5 Å². The van der Waals surface area contributed by atoms with E-state index in [0.717, 1.165) is 18.8 Å². The van der Waals surface area contributed by atoms with Crippen LogP contribution in [0.2, 0.25) is 0 Å². The lowest BCUT2D eigenvalue weighted by molar-refractivity contribution is -0.119. The van der Waals surface area contributed by atoms with Gasteiger partial charge < -0.3 is 11.1 Å². The molecule has 0 aliphatic heterocycles. The van der Waals surface area contributed by atoms with Gasteiger partial charge in [-0.25, -0.2) is 4.79 Å². The Balaban J connectivity index is 2.13. The van der Waals surface area contributed by atoms with Crippen LogP contribution in [0.15, 0.2) is 0 Å². The molecule has 0 heterocycles. The smallest absolute Gasteiger partial charge is 0.318 e. The van der Waals surface area contributed by atoms with Crippen LogP contribution in [0.4, 0.5) is 4.79 Å². The molecule has 98 valence electrons. The van der Waals surface area contributed by atoms with Gasteiger partial charge in [-0.2, -0.15) is 0 Å². The molecule has 0 spiro atoms. The second kappa shape index (κ2) is 7.27. The summed E-state index contributed by atoms with van der Waals surface area (Å²) in [5.74, 6) is 0.505. The van der Waals surface area contributed by atoms with Crippen molar-refractivity contribution in [2.75, 3.05) is 6.54 Å². The fourth-order valence-electron chi connectivity index (χ4n) is 2.48. The summed E-state index contributed by atoms with van der Waals surface area (Å²) in [4.78, 5) is 21.6. The zero-order chi connectivity index (χ0) is 12.7. The third-order valence-electron chi connectivity index (χ3n) is 3.36. The second-order valence-corrected chi connectivity index (χ2v) is 4.80. The van der Waals surface area contributed by atoms with Crippen LogP contribution in [0.5, 0.6) is 0 Å². The van der Waals surface area contributed by atoms with Crippen LogP contribution in [0.1, 0.15) is 45.4 Å². The van der Waals surface area contributed by atoms with Gasteiger partial charge in [0.2, 0.25) is 5.91 Å². The Labute approximate surface area is 103 Å². The summed E-state index contributed by atoms with van der Waals surface area (Å²) in [5.41, 5.74) is 4.85. The van der Waals surface area contributed by atoms with Gasteiger partial charge in [0, 0.05) is 6.04 Å². The maximum absolute atomic E-state index is 11.2. The Morgan fingerprint density at radius 3 is 2.41 bits per heavy atom. The molecule has 0 atom stereocenters. The molecule has 0 aromatic heterocycles. The fourth-order valence-corrected chi connectivity index (χ4v) is 2.48. The van der Waals surface area contributed by atoms with E-state index in [-0.39, 0.29) is 12.5 Å². The third kappa shape index (κ3) is 5.68. The Kier molecular flexibility index (Phi) is 5.97. The molecule has 0 saturated heterocycles. The highest BCUT2D eigenvalue weighted by atomic mass is 16.2. The Morgan fingerprint density at radius 2 is 1.88 bits per heavy atom. The zero-order valence-corrected chi connectivity index (χ0v) is 10.5. The summed E-state index contributed by atoms with van der Waals surface area (Å²) in [6.07, 6.45) is 7.29. The van der Waals surface area contributed by atoms with Crippen LogP contribution in [0.25, 0.3) is 0 Å². The van der Waals surface area contributed by atoms with E-state index in [1.54, 1.807) is 0 Å². The number of amides is 3. The molecule has 4 N–H and O–H groups in total. The minimum absolute atomic E-state index is 0.173. The van der Waals surface area contributed by atoms with Gasteiger partial charge in [0.25, 0.3) is 0 Å². The highest BCUT2D eigenvalue weighted by Crippen LogP contribution is 2.27. The molecule has 17 heavy (non-hydrogen) atoms. The average Bonchev–Trinajstić information content (AvgIpc) is 2.28. The predicted octanol–water partition coefficient (Wildman–Crippen LogP) is 1.13. The molecular formula is C12H23N3O2. The highest BCUT2D eigenvalue weighted by molar-refractivity contribution is 5.94. The molecule has 5 nitrogen and oxygen atoms in total. The van der Waals surface area contributed by atoms with Crippen molar-refractivity contribution in [1.82, 2.24) is 10.6 Å². The van der Waals surface area contributed by atoms with Crippen LogP contribution in [-0.2, 0) is 4.79 Å². The SMILES string of the molecule is CCCC1CCC(NCC(=O)NC(N)=O)CC1. The number of urea groups is 1. The van der Waals surface area contributed by atoms with Gasteiger partial charge in [-0.15, -0.1) is 0 Å². The van der Waals surface area contributed by atoms with Crippen LogP contribution in [0.3, 0.4) is 0 Å². The Morgan fingerprint density at radius 1 is 1.24 bits per heavy atom. The third-order valence-corrected chi connectivity index (χ3v) is 3.36. The lowest BCUT2D eigenvalue weighted by atomic mass is 9.83. The number of carbonyl (C=O) groups excluding carboxylic acids is 2. The molecule has 1 aliphatic rings. The number of nitrogens with one attached hydrogen (secondary N) is 2. The molecule has 0 aromatic rings. The first-order valence-electron chi connectivity index (χ1n) is 6.44. The summed E-state index contributed by atoms with van der Waals surface area (Å²) in [7, 11) is 0. The molecule has 1 saturated carbocycles. The Hall–Kier alpha value is -1.10. The minimum Gasteiger partial charge on any atom is -0.351 e. The van der Waals surface area contributed by atoms with E-state index in [0.29, 0.717) is 6.04 Å². The van der Waals surface area contributed by atoms with Crippen LogP contribution >= 0.6 is 0 Å². The summed E-state index contributed by atoms with van der Waals surface area (Å²) < 4.78 is 0. The first-order chi connectivity index (χ1) is 8.11. The van der Waals surface area contributed by atoms with Gasteiger partial charge in [0.05, 0.1) is 6.54 Å². The highest BCUT2D eigenvalue weighted by Gasteiger charge is 2.20. The van der Waals surface area contributed by atoms with Crippen molar-refractivity contribution in [3.63, 3.8) is 0 Å². The molecule has 0 unspecified atom stereocenters. The van der Waals surface area contributed by atoms with Crippen molar-refractivity contribution in [3.05, 3.63) is 0 Å². The van der Waals surface area contributed by atoms with E-state index < -0.39 is 6.03 Å². The molecule has 1 fully saturated rings. The minimum atomic E-state index is -0.788. The second-order valence-electron chi connectivity index (χ2n) is 4.80. The van der Waals surface area contributed by atoms with Gasteiger partial charge in [-0.05, 0) is 31.6 Å². The molecule has 1 aliphatic carbocycles. The number of primary amides is 1. The maximum atomic E-state index is 11.2. The van der Waals surface area contributed by atoms with Crippen molar-refractivity contribution in [1.29, 1.82) is 0 Å². The normalized spacial score (nSPS) is 24.3. The molecule has 1 rings (SSSR count). The number of hydrogen-bond acceptors (Lipinski definition) is 3. The summed E-state index contributed by atoms with van der Waals surface area (Å²) in [5, 5.41) is 5.22. The molecular weight excluding hydrogens is 218 g/mol. The van der Waals surface area contributed by atoms with Gasteiger partial charge >= 0.3 is 6.03 Å². The van der Waals surface area contributed by atoms with Crippen LogP contribution < -0.4 is 16.4 Å². The lowest BCUT2D eigenvalue weighted by Crippen LogP contribution is -2.44. The van der Waals surface area contributed by atoms with E-state index in [9.17, 15) is 9.59 Å². The van der Waals surface area contributed by atoms with Crippen molar-refractivity contribution >= 4 is 11.9 Å². The number of imide groups is 1. The lowest BCUT2D eigenvalue weighted by Gasteiger charge is -2.28. The quantitative estimate of drug-likeness (QED) is 0.674. The van der Waals surface area contributed by atoms with Crippen molar-refractivity contribution in [3.8, 4) is 0 Å². The van der Waals surface area contributed by atoms with Crippen LogP contribution in [-0.4, -0.2) is 24.5 Å². The summed E-state index contributed by atoms with van der Waals surface area (Å²) in [6.45, 7) is 2.39. The zero-order valence-electron chi connectivity index (χ0n) is 10.5. The van der Waals surface area contributed by atoms with Gasteiger partial charge in [0.15, 0.2) is 0 Å². The molecule has 0 radical (unpaired) electrons. The maximum Gasteiger partial charge on any atom is 0.318 e. The molecule has 0 aromatic carbocycles. The van der Waals surface area contributed by atoms with Gasteiger partial charge in [-0.1, -0.05) is 19.8 Å². The summed E-state index contributed by atoms with van der Waals surface area (Å²) in [6, 6.07) is -0.384. The monoisotopic (exact) mass is 241 g/mol. The average molecular weight is 241 g/mol. The van der Waals surface area contributed by atoms with Gasteiger partial charge in [-0.3, -0.25) is 10.1 Å². The van der Waals surface area contributed by atoms with E-state index in [4.69, 9.17) is 5.73 Å². The molecule has 0 bridgehead atoms. The first kappa shape index (κ1) is 14.0. The number of nitrogens with two attached hydrogens (primary N) is 1. The predicted molar refractivity (Wildman–Crippen MR) is 66.4 cm³/mol. The largest absolute Gasteiger partial charge is 0.351 e. The molecule has 5 heteroatoms. The summed E-state index contributed by atoms with van der Waals surface area (Å²) >= 11 is 0. The van der Waals surface area contributed by atoms with Crippen LogP contribution in [0, 0.1) is 5.92 Å². The number of rotatable bonds is 5. The molecule has 3 amide bonds.